The van der Waals surface area contributed by atoms with Gasteiger partial charge in [0.15, 0.2) is 5.60 Å². The Labute approximate surface area is 266 Å². The maximum absolute atomic E-state index is 14.0. The topological polar surface area (TPSA) is 115 Å². The van der Waals surface area contributed by atoms with E-state index in [4.69, 9.17) is 9.15 Å². The van der Waals surface area contributed by atoms with E-state index in [1.807, 2.05) is 17.8 Å². The highest BCUT2D eigenvalue weighted by Gasteiger charge is 2.70. The van der Waals surface area contributed by atoms with Crippen LogP contribution >= 0.6 is 11.8 Å². The SMILES string of the molecule is Cc1ccoc1C(=O)O[C@]1(C(=O)SCCO)CC[C@H]2[C@@H]3CCC4=Cc5c(cnn5-c5ccc(F)cc5)C[C@]4(C)[C@H]3[C@@H](O)C[C@@]21C. The number of halogens is 1. The standard InChI is InChI=1S/C35H39FN2O6S/c1-20-11-14-43-30(20)31(41)44-35(32(42)45-15-13-39)12-10-26-25-9-4-22-16-27-21(19-37-38(27)24-7-5-23(36)6-8-24)17-33(22,2)29(25)28(40)18-34(26,35)3/h5-8,11,14,16,19,25-26,28-29,39-40H,4,9-10,12-13,15,17-18H2,1-3H3/t25-,26-,28-,29+,33-,34-,35-/m0/s1. The van der Waals surface area contributed by atoms with E-state index in [9.17, 15) is 24.2 Å². The number of thioether (sulfide) groups is 1. The summed E-state index contributed by atoms with van der Waals surface area (Å²) in [5.74, 6) is -0.557. The molecular formula is C35H39FN2O6S. The van der Waals surface area contributed by atoms with Crippen molar-refractivity contribution in [2.75, 3.05) is 12.4 Å². The Bertz CT molecular complexity index is 1680. The van der Waals surface area contributed by atoms with Crippen molar-refractivity contribution >= 4 is 28.9 Å². The Balaban J connectivity index is 1.23. The number of aryl methyl sites for hydroxylation is 1. The average Bonchev–Trinajstić information content (AvgIpc) is 3.70. The summed E-state index contributed by atoms with van der Waals surface area (Å²) in [5, 5.41) is 26.0. The average molecular weight is 635 g/mol. The van der Waals surface area contributed by atoms with E-state index in [2.05, 4.69) is 18.1 Å². The number of hydrogen-bond donors (Lipinski definition) is 2. The van der Waals surface area contributed by atoms with Crippen LogP contribution in [0.2, 0.25) is 0 Å². The first-order valence-electron chi connectivity index (χ1n) is 15.8. The fourth-order valence-corrected chi connectivity index (χ4v) is 10.4. The van der Waals surface area contributed by atoms with Crippen molar-refractivity contribution in [3.05, 3.63) is 76.8 Å². The van der Waals surface area contributed by atoms with Crippen LogP contribution in [0, 0.1) is 41.3 Å². The fraction of sp³-hybridized carbons (Fsp3) is 0.514. The van der Waals surface area contributed by atoms with E-state index in [1.54, 1.807) is 25.1 Å². The summed E-state index contributed by atoms with van der Waals surface area (Å²) >= 11 is 0.994. The van der Waals surface area contributed by atoms with Gasteiger partial charge in [0.25, 0.3) is 0 Å². The molecule has 0 radical (unpaired) electrons. The molecule has 4 aliphatic carbocycles. The zero-order chi connectivity index (χ0) is 31.7. The van der Waals surface area contributed by atoms with Crippen LogP contribution in [0.4, 0.5) is 4.39 Å². The molecule has 7 atom stereocenters. The Morgan fingerprint density at radius 3 is 2.69 bits per heavy atom. The molecule has 2 heterocycles. The number of furan rings is 1. The number of aliphatic hydroxyl groups is 2. The molecule has 7 rings (SSSR count). The highest BCUT2D eigenvalue weighted by molar-refractivity contribution is 8.13. The number of nitrogens with zero attached hydrogens (tertiary/aromatic N) is 2. The van der Waals surface area contributed by atoms with Gasteiger partial charge in [-0.1, -0.05) is 31.2 Å². The second-order valence-electron chi connectivity index (χ2n) is 13.8. The van der Waals surface area contributed by atoms with Crippen LogP contribution in [0.5, 0.6) is 0 Å². The molecule has 0 bridgehead atoms. The molecule has 45 heavy (non-hydrogen) atoms. The van der Waals surface area contributed by atoms with Gasteiger partial charge in [-0.25, -0.2) is 13.9 Å². The van der Waals surface area contributed by atoms with Crippen molar-refractivity contribution in [1.82, 2.24) is 9.78 Å². The van der Waals surface area contributed by atoms with Gasteiger partial charge in [-0.2, -0.15) is 5.10 Å². The summed E-state index contributed by atoms with van der Waals surface area (Å²) in [6, 6.07) is 8.01. The predicted octanol–water partition coefficient (Wildman–Crippen LogP) is 5.91. The van der Waals surface area contributed by atoms with Gasteiger partial charge in [0, 0.05) is 16.7 Å². The third-order valence-corrected chi connectivity index (χ3v) is 12.6. The molecule has 3 aromatic rings. The largest absolute Gasteiger partial charge is 0.457 e. The Morgan fingerprint density at radius 2 is 1.98 bits per heavy atom. The first-order valence-corrected chi connectivity index (χ1v) is 16.8. The van der Waals surface area contributed by atoms with Gasteiger partial charge in [0.05, 0.1) is 36.6 Å². The van der Waals surface area contributed by atoms with Gasteiger partial charge in [0.1, 0.15) is 5.82 Å². The molecule has 0 saturated heterocycles. The summed E-state index contributed by atoms with van der Waals surface area (Å²) in [6.07, 6.45) is 8.60. The number of esters is 1. The lowest BCUT2D eigenvalue weighted by Gasteiger charge is -2.60. The summed E-state index contributed by atoms with van der Waals surface area (Å²) in [6.45, 7) is 5.86. The lowest BCUT2D eigenvalue weighted by molar-refractivity contribution is -0.175. The van der Waals surface area contributed by atoms with Gasteiger partial charge >= 0.3 is 5.97 Å². The molecule has 238 valence electrons. The molecule has 1 aromatic carbocycles. The van der Waals surface area contributed by atoms with E-state index >= 15 is 0 Å². The number of fused-ring (bicyclic) bond motifs is 6. The number of aromatic nitrogens is 2. The molecule has 3 saturated carbocycles. The lowest BCUT2D eigenvalue weighted by Crippen LogP contribution is -2.62. The predicted molar refractivity (Wildman–Crippen MR) is 167 cm³/mol. The maximum atomic E-state index is 14.0. The maximum Gasteiger partial charge on any atom is 0.375 e. The molecule has 0 amide bonds. The van der Waals surface area contributed by atoms with Crippen LogP contribution < -0.4 is 0 Å². The zero-order valence-corrected chi connectivity index (χ0v) is 26.6. The highest BCUT2D eigenvalue weighted by Crippen LogP contribution is 2.69. The van der Waals surface area contributed by atoms with Gasteiger partial charge in [-0.15, -0.1) is 0 Å². The van der Waals surface area contributed by atoms with Crippen molar-refractivity contribution in [2.24, 2.45) is 28.6 Å². The van der Waals surface area contributed by atoms with Crippen LogP contribution in [0.3, 0.4) is 0 Å². The summed E-state index contributed by atoms with van der Waals surface area (Å²) in [7, 11) is 0. The van der Waals surface area contributed by atoms with E-state index < -0.39 is 23.1 Å². The minimum Gasteiger partial charge on any atom is -0.457 e. The van der Waals surface area contributed by atoms with Crippen molar-refractivity contribution in [1.29, 1.82) is 0 Å². The fourth-order valence-electron chi connectivity index (χ4n) is 9.55. The number of aliphatic hydroxyl groups excluding tert-OH is 2. The van der Waals surface area contributed by atoms with Gasteiger partial charge < -0.3 is 19.4 Å². The molecule has 0 aliphatic heterocycles. The number of carbonyl (C=O) groups excluding carboxylic acids is 2. The smallest absolute Gasteiger partial charge is 0.375 e. The number of benzene rings is 1. The number of rotatable bonds is 6. The number of carbonyl (C=O) groups is 2. The third-order valence-electron chi connectivity index (χ3n) is 11.6. The molecule has 4 aliphatic rings. The Hall–Kier alpha value is -3.21. The van der Waals surface area contributed by atoms with E-state index in [0.717, 1.165) is 48.0 Å². The molecule has 8 nitrogen and oxygen atoms in total. The molecule has 2 N–H and O–H groups in total. The molecule has 10 heteroatoms. The molecule has 0 spiro atoms. The van der Waals surface area contributed by atoms with Crippen molar-refractivity contribution in [2.45, 2.75) is 71.0 Å². The van der Waals surface area contributed by atoms with Crippen molar-refractivity contribution in [3.63, 3.8) is 0 Å². The molecule has 0 unspecified atom stereocenters. The second-order valence-corrected chi connectivity index (χ2v) is 14.8. The Morgan fingerprint density at radius 1 is 1.20 bits per heavy atom. The zero-order valence-electron chi connectivity index (χ0n) is 25.8. The van der Waals surface area contributed by atoms with Crippen molar-refractivity contribution in [3.8, 4) is 5.69 Å². The summed E-state index contributed by atoms with van der Waals surface area (Å²) < 4.78 is 27.2. The minimum absolute atomic E-state index is 0.0445. The Kier molecular flexibility index (Phi) is 7.41. The second kappa shape index (κ2) is 11.0. The van der Waals surface area contributed by atoms with E-state index in [-0.39, 0.29) is 52.2 Å². The highest BCUT2D eigenvalue weighted by atomic mass is 32.2. The molecular weight excluding hydrogens is 595 g/mol. The molecule has 2 aromatic heterocycles. The summed E-state index contributed by atoms with van der Waals surface area (Å²) in [4.78, 5) is 27.5. The minimum atomic E-state index is -1.45. The first kappa shape index (κ1) is 30.4. The number of hydrogen-bond acceptors (Lipinski definition) is 8. The van der Waals surface area contributed by atoms with Crippen LogP contribution in [0.15, 0.2) is 52.8 Å². The first-order chi connectivity index (χ1) is 21.5. The van der Waals surface area contributed by atoms with Crippen LogP contribution in [-0.4, -0.2) is 55.1 Å². The quantitative estimate of drug-likeness (QED) is 0.322. The monoisotopic (exact) mass is 634 g/mol. The van der Waals surface area contributed by atoms with Gasteiger partial charge in [-0.05, 0) is 111 Å². The number of allylic oxidation sites excluding steroid dienone is 1. The third kappa shape index (κ3) is 4.50. The van der Waals surface area contributed by atoms with Crippen LogP contribution in [0.25, 0.3) is 11.8 Å². The lowest BCUT2D eigenvalue weighted by atomic mass is 9.45. The molecule has 3 fully saturated rings. The van der Waals surface area contributed by atoms with Gasteiger partial charge in [0.2, 0.25) is 10.9 Å². The van der Waals surface area contributed by atoms with E-state index in [0.29, 0.717) is 24.8 Å². The van der Waals surface area contributed by atoms with Gasteiger partial charge in [-0.3, -0.25) is 4.79 Å². The number of ether oxygens (including phenoxy) is 1. The van der Waals surface area contributed by atoms with Crippen LogP contribution in [-0.2, 0) is 16.0 Å². The van der Waals surface area contributed by atoms with Crippen molar-refractivity contribution < 1.29 is 33.3 Å². The van der Waals surface area contributed by atoms with Crippen LogP contribution in [0.1, 0.15) is 73.3 Å². The normalized spacial score (nSPS) is 33.4. The summed E-state index contributed by atoms with van der Waals surface area (Å²) in [5.41, 5.74) is 2.23. The van der Waals surface area contributed by atoms with E-state index in [1.165, 1.54) is 24.0 Å².